The molecule has 0 aliphatic carbocycles. The lowest BCUT2D eigenvalue weighted by Crippen LogP contribution is -2.26. The van der Waals surface area contributed by atoms with Crippen molar-refractivity contribution in [1.29, 1.82) is 0 Å². The van der Waals surface area contributed by atoms with E-state index in [1.54, 1.807) is 0 Å². The number of ether oxygens (including phenoxy) is 1. The molecular weight excluding hydrogens is 266 g/mol. The van der Waals surface area contributed by atoms with Crippen molar-refractivity contribution in [3.63, 3.8) is 0 Å². The number of carbonyl (C=O) groups excluding carboxylic acids is 2. The van der Waals surface area contributed by atoms with E-state index >= 15 is 0 Å². The molecule has 0 radical (unpaired) electrons. The van der Waals surface area contributed by atoms with E-state index in [9.17, 15) is 9.59 Å². The van der Waals surface area contributed by atoms with Gasteiger partial charge >= 0.3 is 5.97 Å². The Bertz CT molecular complexity index is 361. The van der Waals surface area contributed by atoms with E-state index in [2.05, 4.69) is 26.0 Å². The van der Waals surface area contributed by atoms with Crippen LogP contribution in [0.2, 0.25) is 0 Å². The molecule has 1 N–H and O–H groups in total. The molecule has 15 heavy (non-hydrogen) atoms. The summed E-state index contributed by atoms with van der Waals surface area (Å²) in [6, 6.07) is 1.54. The van der Waals surface area contributed by atoms with Crippen LogP contribution in [-0.2, 0) is 9.53 Å². The van der Waals surface area contributed by atoms with Crippen molar-refractivity contribution in [1.82, 2.24) is 5.32 Å². The van der Waals surface area contributed by atoms with Crippen LogP contribution >= 0.6 is 15.9 Å². The molecule has 82 valence electrons. The fourth-order valence-corrected chi connectivity index (χ4v) is 1.35. The van der Waals surface area contributed by atoms with E-state index in [1.807, 2.05) is 0 Å². The Morgan fingerprint density at radius 3 is 2.87 bits per heavy atom. The van der Waals surface area contributed by atoms with E-state index in [0.717, 1.165) is 0 Å². The molecule has 0 spiro atoms. The Morgan fingerprint density at radius 1 is 1.60 bits per heavy atom. The van der Waals surface area contributed by atoms with Crippen LogP contribution in [0, 0.1) is 0 Å². The normalized spacial score (nSPS) is 9.73. The van der Waals surface area contributed by atoms with Gasteiger partial charge in [0.15, 0.2) is 4.67 Å². The molecule has 0 atom stereocenters. The molecule has 0 saturated heterocycles. The van der Waals surface area contributed by atoms with Crippen LogP contribution in [0.1, 0.15) is 16.8 Å². The van der Waals surface area contributed by atoms with Gasteiger partial charge in [-0.1, -0.05) is 0 Å². The first-order valence-electron chi connectivity index (χ1n) is 4.23. The van der Waals surface area contributed by atoms with Crippen LogP contribution in [0.25, 0.3) is 0 Å². The first-order chi connectivity index (χ1) is 7.15. The summed E-state index contributed by atoms with van der Waals surface area (Å²) in [5.74, 6) is -0.652. The van der Waals surface area contributed by atoms with Crippen molar-refractivity contribution in [2.45, 2.75) is 6.42 Å². The summed E-state index contributed by atoms with van der Waals surface area (Å²) in [6.07, 6.45) is 1.55. The van der Waals surface area contributed by atoms with Gasteiger partial charge in [0.05, 0.1) is 25.4 Å². The fraction of sp³-hybridized carbons (Fsp3) is 0.333. The molecule has 0 aliphatic heterocycles. The zero-order valence-electron chi connectivity index (χ0n) is 8.08. The summed E-state index contributed by atoms with van der Waals surface area (Å²) < 4.78 is 9.70. The number of amides is 1. The van der Waals surface area contributed by atoms with Gasteiger partial charge in [-0.2, -0.15) is 0 Å². The average molecular weight is 276 g/mol. The summed E-state index contributed by atoms with van der Waals surface area (Å²) in [6.45, 7) is 0.239. The molecule has 0 aromatic carbocycles. The SMILES string of the molecule is COC(=O)CCNC(=O)c1ccoc1Br. The van der Waals surface area contributed by atoms with Crippen molar-refractivity contribution < 1.29 is 18.7 Å². The van der Waals surface area contributed by atoms with Gasteiger partial charge in [-0.3, -0.25) is 9.59 Å². The van der Waals surface area contributed by atoms with E-state index in [4.69, 9.17) is 4.42 Å². The van der Waals surface area contributed by atoms with Crippen molar-refractivity contribution >= 4 is 27.8 Å². The second-order valence-electron chi connectivity index (χ2n) is 2.69. The Kier molecular flexibility index (Phi) is 4.36. The van der Waals surface area contributed by atoms with Crippen molar-refractivity contribution in [3.05, 3.63) is 22.6 Å². The van der Waals surface area contributed by atoms with Gasteiger partial charge in [-0.25, -0.2) is 0 Å². The van der Waals surface area contributed by atoms with Crippen LogP contribution in [0.5, 0.6) is 0 Å². The zero-order chi connectivity index (χ0) is 11.3. The molecule has 5 nitrogen and oxygen atoms in total. The molecule has 0 aliphatic rings. The van der Waals surface area contributed by atoms with Crippen LogP contribution < -0.4 is 5.32 Å². The monoisotopic (exact) mass is 275 g/mol. The Morgan fingerprint density at radius 2 is 2.33 bits per heavy atom. The highest BCUT2D eigenvalue weighted by atomic mass is 79.9. The summed E-state index contributed by atoms with van der Waals surface area (Å²) in [4.78, 5) is 22.2. The third-order valence-electron chi connectivity index (χ3n) is 1.70. The second-order valence-corrected chi connectivity index (χ2v) is 3.41. The second kappa shape index (κ2) is 5.55. The third kappa shape index (κ3) is 3.39. The highest BCUT2D eigenvalue weighted by Crippen LogP contribution is 2.16. The summed E-state index contributed by atoms with van der Waals surface area (Å²) in [7, 11) is 1.30. The smallest absolute Gasteiger partial charge is 0.307 e. The van der Waals surface area contributed by atoms with E-state index in [1.165, 1.54) is 19.4 Å². The van der Waals surface area contributed by atoms with Gasteiger partial charge in [0.1, 0.15) is 0 Å². The first kappa shape index (κ1) is 11.8. The van der Waals surface area contributed by atoms with Crippen LogP contribution in [0.15, 0.2) is 21.4 Å². The van der Waals surface area contributed by atoms with Crippen molar-refractivity contribution in [3.8, 4) is 0 Å². The lowest BCUT2D eigenvalue weighted by Gasteiger charge is -2.02. The molecule has 0 fully saturated rings. The van der Waals surface area contributed by atoms with Gasteiger partial charge in [0, 0.05) is 6.54 Å². The molecule has 1 heterocycles. The lowest BCUT2D eigenvalue weighted by atomic mass is 10.3. The fourth-order valence-electron chi connectivity index (χ4n) is 0.931. The number of methoxy groups -OCH3 is 1. The number of hydrogen-bond donors (Lipinski definition) is 1. The third-order valence-corrected chi connectivity index (χ3v) is 2.32. The highest BCUT2D eigenvalue weighted by molar-refractivity contribution is 9.10. The van der Waals surface area contributed by atoms with Gasteiger partial charge < -0.3 is 14.5 Å². The van der Waals surface area contributed by atoms with Gasteiger partial charge in [0.2, 0.25) is 0 Å². The van der Waals surface area contributed by atoms with Gasteiger partial charge in [0.25, 0.3) is 5.91 Å². The minimum absolute atomic E-state index is 0.151. The molecular formula is C9H10BrNO4. The van der Waals surface area contributed by atoms with E-state index in [0.29, 0.717) is 10.2 Å². The number of furan rings is 1. The number of hydrogen-bond acceptors (Lipinski definition) is 4. The highest BCUT2D eigenvalue weighted by Gasteiger charge is 2.12. The largest absolute Gasteiger partial charge is 0.469 e. The predicted molar refractivity (Wildman–Crippen MR) is 55.4 cm³/mol. The molecule has 0 bridgehead atoms. The summed E-state index contributed by atoms with van der Waals surface area (Å²) >= 11 is 3.08. The topological polar surface area (TPSA) is 68.5 Å². The maximum Gasteiger partial charge on any atom is 0.307 e. The summed E-state index contributed by atoms with van der Waals surface area (Å²) in [5.41, 5.74) is 0.403. The number of halogens is 1. The molecule has 1 aromatic heterocycles. The quantitative estimate of drug-likeness (QED) is 0.842. The number of carbonyl (C=O) groups is 2. The molecule has 1 amide bonds. The lowest BCUT2D eigenvalue weighted by molar-refractivity contribution is -0.140. The Labute approximate surface area is 94.9 Å². The average Bonchev–Trinajstić information content (AvgIpc) is 2.64. The molecule has 0 saturated carbocycles. The maximum atomic E-state index is 11.4. The first-order valence-corrected chi connectivity index (χ1v) is 5.02. The van der Waals surface area contributed by atoms with Crippen LogP contribution in [-0.4, -0.2) is 25.5 Å². The summed E-state index contributed by atoms with van der Waals surface area (Å²) in [5, 5.41) is 2.56. The molecule has 6 heteroatoms. The number of rotatable bonds is 4. The Hall–Kier alpha value is -1.30. The maximum absolute atomic E-state index is 11.4. The zero-order valence-corrected chi connectivity index (χ0v) is 9.67. The molecule has 1 rings (SSSR count). The van der Waals surface area contributed by atoms with Gasteiger partial charge in [-0.15, -0.1) is 0 Å². The number of nitrogens with one attached hydrogen (secondary N) is 1. The standard InChI is InChI=1S/C9H10BrNO4/c1-14-7(12)2-4-11-9(13)6-3-5-15-8(6)10/h3,5H,2,4H2,1H3,(H,11,13). The van der Waals surface area contributed by atoms with Gasteiger partial charge in [-0.05, 0) is 22.0 Å². The van der Waals surface area contributed by atoms with Crippen LogP contribution in [0.4, 0.5) is 0 Å². The minimum atomic E-state index is -0.360. The Balaban J connectivity index is 2.38. The van der Waals surface area contributed by atoms with Crippen molar-refractivity contribution in [2.24, 2.45) is 0 Å². The van der Waals surface area contributed by atoms with Crippen molar-refractivity contribution in [2.75, 3.05) is 13.7 Å². The van der Waals surface area contributed by atoms with E-state index in [-0.39, 0.29) is 24.8 Å². The minimum Gasteiger partial charge on any atom is -0.469 e. The van der Waals surface area contributed by atoms with Crippen LogP contribution in [0.3, 0.4) is 0 Å². The molecule has 1 aromatic rings. The number of esters is 1. The predicted octanol–water partition coefficient (Wildman–Crippen LogP) is 1.33. The molecule has 0 unspecified atom stereocenters. The van der Waals surface area contributed by atoms with E-state index < -0.39 is 0 Å².